The van der Waals surface area contributed by atoms with E-state index in [1.165, 1.54) is 4.57 Å². The summed E-state index contributed by atoms with van der Waals surface area (Å²) in [5.74, 6) is -0.690. The van der Waals surface area contributed by atoms with Gasteiger partial charge in [-0.05, 0) is 30.4 Å². The topological polar surface area (TPSA) is 83.8 Å². The van der Waals surface area contributed by atoms with Gasteiger partial charge < -0.3 is 14.7 Å². The number of aliphatic hydroxyl groups excluding tert-OH is 1. The molecular weight excluding hydrogens is 515 g/mol. The molecule has 3 aromatic rings. The highest BCUT2D eigenvalue weighted by Gasteiger charge is 2.15. The van der Waals surface area contributed by atoms with E-state index < -0.39 is 64.4 Å². The third-order valence-electron chi connectivity index (χ3n) is 3.83. The maximum absolute atomic E-state index is 10.6. The Morgan fingerprint density at radius 3 is 2.47 bits per heavy atom. The molecule has 1 aromatic carbocycles. The zero-order valence-corrected chi connectivity index (χ0v) is 19.4. The molecule has 3 rings (SSSR count). The summed E-state index contributed by atoms with van der Waals surface area (Å²) < 4.78 is 123. The van der Waals surface area contributed by atoms with Crippen molar-refractivity contribution >= 4 is 45.4 Å². The first kappa shape index (κ1) is 11.6. The number of imidazole rings is 2. The van der Waals surface area contributed by atoms with Crippen molar-refractivity contribution < 1.29 is 31.8 Å². The Kier molecular flexibility index (Phi) is 5.02. The van der Waals surface area contributed by atoms with Crippen LogP contribution in [0.15, 0.2) is 28.7 Å². The van der Waals surface area contributed by atoms with E-state index in [1.807, 2.05) is 0 Å². The lowest BCUT2D eigenvalue weighted by molar-refractivity contribution is 0.111. The first-order valence-corrected chi connectivity index (χ1v) is 10.3. The molecule has 0 fully saturated rings. The van der Waals surface area contributed by atoms with Crippen LogP contribution in [0.5, 0.6) is 0 Å². The molecular formula is C23H29BrCl2N4O2. The highest BCUT2D eigenvalue weighted by molar-refractivity contribution is 9.10. The number of aromatic amines is 1. The Morgan fingerprint density at radius 1 is 1.19 bits per heavy atom. The summed E-state index contributed by atoms with van der Waals surface area (Å²) in [6.07, 6.45) is -16.5. The number of rotatable bonds is 10. The van der Waals surface area contributed by atoms with Crippen LogP contribution >= 0.6 is 39.1 Å². The number of benzene rings is 1. The van der Waals surface area contributed by atoms with Crippen LogP contribution in [-0.2, 0) is 25.9 Å². The van der Waals surface area contributed by atoms with Crippen molar-refractivity contribution in [3.05, 3.63) is 67.6 Å². The maximum atomic E-state index is 10.6. The fraction of sp³-hybridized carbons (Fsp3) is 0.435. The second-order valence-corrected chi connectivity index (χ2v) is 7.50. The van der Waals surface area contributed by atoms with Gasteiger partial charge in [0.25, 0.3) is 0 Å². The molecule has 2 aromatic heterocycles. The molecule has 6 nitrogen and oxygen atoms in total. The van der Waals surface area contributed by atoms with Crippen molar-refractivity contribution in [3.8, 4) is 0 Å². The number of aromatic nitrogens is 4. The van der Waals surface area contributed by atoms with E-state index in [0.29, 0.717) is 0 Å². The predicted octanol–water partition coefficient (Wildman–Crippen LogP) is 6.40. The van der Waals surface area contributed by atoms with Gasteiger partial charge in [-0.2, -0.15) is 0 Å². The lowest BCUT2D eigenvalue weighted by Crippen LogP contribution is -2.09. The molecule has 0 aliphatic heterocycles. The minimum atomic E-state index is -3.31. The molecule has 0 amide bonds. The van der Waals surface area contributed by atoms with E-state index in [2.05, 4.69) is 30.9 Å². The van der Waals surface area contributed by atoms with Crippen LogP contribution in [-0.4, -0.2) is 30.9 Å². The van der Waals surface area contributed by atoms with E-state index in [0.717, 1.165) is 10.0 Å². The number of nitrogens with one attached hydrogen (secondary N) is 1. The largest absolute Gasteiger partial charge is 0.390 e. The SMILES string of the molecule is [2H]C(c1nc(C=O)c(Cl)[nH]1)C([2H])([2H])C([2H])([2H])C([2H])([2H])[2H].[2H]C(c1nc(Cl)c(CO)n1Cc1ccc(Br)cc1)C([2H])([2H])C([2H])([2H])C([2H])([2H])[2H]. The molecule has 0 radical (unpaired) electrons. The summed E-state index contributed by atoms with van der Waals surface area (Å²) in [6.45, 7) is -7.01. The number of H-pyrrole nitrogens is 1. The van der Waals surface area contributed by atoms with Gasteiger partial charge in [-0.1, -0.05) is 77.7 Å². The number of hydrogen-bond donors (Lipinski definition) is 2. The van der Waals surface area contributed by atoms with E-state index in [1.54, 1.807) is 24.3 Å². The molecule has 9 heteroatoms. The van der Waals surface area contributed by atoms with E-state index in [4.69, 9.17) is 45.1 Å². The Labute approximate surface area is 230 Å². The number of halogens is 3. The third kappa shape index (κ3) is 7.73. The first-order valence-electron chi connectivity index (χ1n) is 16.9. The molecule has 2 heterocycles. The van der Waals surface area contributed by atoms with Gasteiger partial charge >= 0.3 is 0 Å². The summed E-state index contributed by atoms with van der Waals surface area (Å²) in [5, 5.41) is 9.26. The Balaban J connectivity index is 0.000000353. The zero-order valence-electron chi connectivity index (χ0n) is 32.3. The van der Waals surface area contributed by atoms with Gasteiger partial charge in [-0.3, -0.25) is 4.79 Å². The number of nitrogens with zero attached hydrogens (tertiary/aromatic N) is 3. The molecule has 2 atom stereocenters. The summed E-state index contributed by atoms with van der Waals surface area (Å²) in [6, 6.07) is 7.07. The molecule has 0 aliphatic carbocycles. The second kappa shape index (κ2) is 13.8. The molecule has 0 bridgehead atoms. The van der Waals surface area contributed by atoms with Crippen molar-refractivity contribution in [1.82, 2.24) is 19.5 Å². The van der Waals surface area contributed by atoms with E-state index in [9.17, 15) is 9.90 Å². The molecule has 0 saturated carbocycles. The first-order chi connectivity index (χ1) is 21.6. The van der Waals surface area contributed by atoms with Crippen molar-refractivity contribution in [3.63, 3.8) is 0 Å². The van der Waals surface area contributed by atoms with Gasteiger partial charge in [0.2, 0.25) is 0 Å². The minimum absolute atomic E-state index is 0.0838. The molecule has 174 valence electrons. The average molecular weight is 560 g/mol. The number of hydrogen-bond acceptors (Lipinski definition) is 4. The number of carbonyl (C=O) groups excluding carboxylic acids is 1. The minimum Gasteiger partial charge on any atom is -0.390 e. The molecule has 0 saturated heterocycles. The van der Waals surface area contributed by atoms with Gasteiger partial charge in [0.05, 0.1) is 12.3 Å². The third-order valence-corrected chi connectivity index (χ3v) is 4.95. The van der Waals surface area contributed by atoms with Gasteiger partial charge in [0, 0.05) is 45.7 Å². The van der Waals surface area contributed by atoms with Gasteiger partial charge in [0.1, 0.15) is 22.5 Å². The highest BCUT2D eigenvalue weighted by atomic mass is 79.9. The maximum Gasteiger partial charge on any atom is 0.171 e. The van der Waals surface area contributed by atoms with Gasteiger partial charge in [-0.15, -0.1) is 0 Å². The van der Waals surface area contributed by atoms with Gasteiger partial charge in [-0.25, -0.2) is 9.97 Å². The average Bonchev–Trinajstić information content (AvgIpc) is 3.50. The normalized spacial score (nSPS) is 22.6. The van der Waals surface area contributed by atoms with Crippen molar-refractivity contribution in [2.24, 2.45) is 0 Å². The monoisotopic (exact) mass is 558 g/mol. The van der Waals surface area contributed by atoms with Crippen LogP contribution < -0.4 is 0 Å². The van der Waals surface area contributed by atoms with Crippen LogP contribution in [0, 0.1) is 0 Å². The van der Waals surface area contributed by atoms with Crippen LogP contribution in [0.4, 0.5) is 0 Å². The lowest BCUT2D eigenvalue weighted by Gasteiger charge is -2.11. The fourth-order valence-electron chi connectivity index (χ4n) is 2.42. The number of carbonyl (C=O) groups is 1. The van der Waals surface area contributed by atoms with Crippen molar-refractivity contribution in [1.29, 1.82) is 0 Å². The quantitative estimate of drug-likeness (QED) is 0.281. The lowest BCUT2D eigenvalue weighted by atomic mass is 10.2. The molecule has 0 spiro atoms. The zero-order chi connectivity index (χ0) is 37.4. The predicted molar refractivity (Wildman–Crippen MR) is 133 cm³/mol. The van der Waals surface area contributed by atoms with Crippen LogP contribution in [0.1, 0.15) is 94.5 Å². The molecule has 0 aliphatic rings. The summed E-state index contributed by atoms with van der Waals surface area (Å²) in [4.78, 5) is 20.3. The highest BCUT2D eigenvalue weighted by Crippen LogP contribution is 2.21. The molecule has 32 heavy (non-hydrogen) atoms. The van der Waals surface area contributed by atoms with E-state index >= 15 is 0 Å². The van der Waals surface area contributed by atoms with Crippen molar-refractivity contribution in [2.45, 2.75) is 65.1 Å². The number of aliphatic hydroxyl groups is 1. The summed E-state index contributed by atoms with van der Waals surface area (Å²) in [7, 11) is 0. The summed E-state index contributed by atoms with van der Waals surface area (Å²) in [5.41, 5.74) is 0.603. The second-order valence-electron chi connectivity index (χ2n) is 5.84. The molecule has 2 unspecified atom stereocenters. The van der Waals surface area contributed by atoms with Crippen molar-refractivity contribution in [2.75, 3.05) is 0 Å². The Bertz CT molecular complexity index is 1580. The van der Waals surface area contributed by atoms with Crippen LogP contribution in [0.25, 0.3) is 0 Å². The molecule has 2 N–H and O–H groups in total. The van der Waals surface area contributed by atoms with Crippen LogP contribution in [0.3, 0.4) is 0 Å². The standard InChI is InChI=1S/C15H18BrClN2O.C8H11ClN2O/c1-2-3-4-14-18-15(17)13(10-20)19(14)9-11-5-7-12(16)8-6-11;1-2-3-4-7-10-6(5-12)8(9)11-7/h5-8,20H,2-4,9-10H2,1H3;5H,2-4H2,1H3,(H,10,11)/i2*1D3,2D2,3D2,4D. The number of aryl methyl sites for hydroxylation is 2. The smallest absolute Gasteiger partial charge is 0.171 e. The van der Waals surface area contributed by atoms with E-state index in [-0.39, 0.29) is 40.3 Å². The Hall–Kier alpha value is -1.67. The van der Waals surface area contributed by atoms with Gasteiger partial charge in [0.15, 0.2) is 11.4 Å². The summed E-state index contributed by atoms with van der Waals surface area (Å²) >= 11 is 14.9. The number of aldehydes is 1. The Morgan fingerprint density at radius 2 is 1.88 bits per heavy atom. The fourth-order valence-corrected chi connectivity index (χ4v) is 3.12. The van der Waals surface area contributed by atoms with Crippen LogP contribution in [0.2, 0.25) is 10.3 Å².